The van der Waals surface area contributed by atoms with Crippen LogP contribution in [0.4, 0.5) is 5.69 Å². The first kappa shape index (κ1) is 17.1. The fraction of sp³-hybridized carbons (Fsp3) is 0. The van der Waals surface area contributed by atoms with Crippen molar-refractivity contribution in [1.82, 2.24) is 4.98 Å². The molecule has 0 bridgehead atoms. The SMILES string of the molecule is O=C(C=Cc1ccccc1Cl)Nc1ccc(-c2nc3ccccc3o2)cc1. The number of rotatable bonds is 4. The molecule has 5 heteroatoms. The van der Waals surface area contributed by atoms with Crippen LogP contribution in [0.15, 0.2) is 83.3 Å². The van der Waals surface area contributed by atoms with Crippen LogP contribution in [0.1, 0.15) is 5.56 Å². The standard InChI is InChI=1S/C22H15ClN2O2/c23-18-6-2-1-5-15(18)11-14-21(26)24-17-12-9-16(10-13-17)22-25-19-7-3-4-8-20(19)27-22/h1-14H,(H,24,26). The maximum atomic E-state index is 12.1. The average molecular weight is 375 g/mol. The highest BCUT2D eigenvalue weighted by Gasteiger charge is 2.08. The van der Waals surface area contributed by atoms with Gasteiger partial charge in [0.2, 0.25) is 11.8 Å². The fourth-order valence-electron chi connectivity index (χ4n) is 2.65. The van der Waals surface area contributed by atoms with Crippen LogP contribution in [0.3, 0.4) is 0 Å². The fourth-order valence-corrected chi connectivity index (χ4v) is 2.85. The highest BCUT2D eigenvalue weighted by atomic mass is 35.5. The number of amides is 1. The average Bonchev–Trinajstić information content (AvgIpc) is 3.12. The number of carbonyl (C=O) groups is 1. The van der Waals surface area contributed by atoms with E-state index >= 15 is 0 Å². The third kappa shape index (κ3) is 3.91. The van der Waals surface area contributed by atoms with Crippen LogP contribution in [-0.2, 0) is 4.79 Å². The minimum absolute atomic E-state index is 0.232. The summed E-state index contributed by atoms with van der Waals surface area (Å²) in [4.78, 5) is 16.6. The molecule has 3 aromatic carbocycles. The van der Waals surface area contributed by atoms with E-state index in [1.807, 2.05) is 66.7 Å². The third-order valence-corrected chi connectivity index (χ3v) is 4.36. The Morgan fingerprint density at radius 2 is 1.70 bits per heavy atom. The highest BCUT2D eigenvalue weighted by Crippen LogP contribution is 2.25. The Bertz CT molecular complexity index is 1100. The summed E-state index contributed by atoms with van der Waals surface area (Å²) in [5.41, 5.74) is 3.88. The van der Waals surface area contributed by atoms with Crippen molar-refractivity contribution in [2.75, 3.05) is 5.32 Å². The monoisotopic (exact) mass is 374 g/mol. The van der Waals surface area contributed by atoms with Crippen LogP contribution < -0.4 is 5.32 Å². The molecule has 0 atom stereocenters. The molecule has 0 radical (unpaired) electrons. The van der Waals surface area contributed by atoms with Crippen molar-refractivity contribution in [2.45, 2.75) is 0 Å². The van der Waals surface area contributed by atoms with E-state index in [4.69, 9.17) is 16.0 Å². The summed E-state index contributed by atoms with van der Waals surface area (Å²) in [5, 5.41) is 3.42. The zero-order valence-corrected chi connectivity index (χ0v) is 15.0. The van der Waals surface area contributed by atoms with E-state index in [9.17, 15) is 4.79 Å². The largest absolute Gasteiger partial charge is 0.436 e. The minimum atomic E-state index is -0.232. The first-order valence-electron chi connectivity index (χ1n) is 8.39. The summed E-state index contributed by atoms with van der Waals surface area (Å²) in [5.74, 6) is 0.317. The summed E-state index contributed by atoms with van der Waals surface area (Å²) in [6, 6.07) is 22.3. The molecule has 1 heterocycles. The molecule has 27 heavy (non-hydrogen) atoms. The second-order valence-corrected chi connectivity index (χ2v) is 6.32. The molecule has 0 aliphatic heterocycles. The van der Waals surface area contributed by atoms with E-state index in [1.54, 1.807) is 12.1 Å². The molecule has 0 saturated carbocycles. The van der Waals surface area contributed by atoms with E-state index in [0.29, 0.717) is 16.6 Å². The van der Waals surface area contributed by atoms with Gasteiger partial charge in [-0.05, 0) is 54.1 Å². The third-order valence-electron chi connectivity index (χ3n) is 4.01. The number of oxazole rings is 1. The maximum Gasteiger partial charge on any atom is 0.248 e. The lowest BCUT2D eigenvalue weighted by atomic mass is 10.2. The second-order valence-electron chi connectivity index (χ2n) is 5.91. The number of fused-ring (bicyclic) bond motifs is 1. The predicted octanol–water partition coefficient (Wildman–Crippen LogP) is 5.80. The molecule has 0 spiro atoms. The summed E-state index contributed by atoms with van der Waals surface area (Å²) in [7, 11) is 0. The molecule has 4 rings (SSSR count). The minimum Gasteiger partial charge on any atom is -0.436 e. The Labute approximate surface area is 161 Å². The topological polar surface area (TPSA) is 55.1 Å². The van der Waals surface area contributed by atoms with Gasteiger partial charge in [0, 0.05) is 22.3 Å². The van der Waals surface area contributed by atoms with Crippen molar-refractivity contribution < 1.29 is 9.21 Å². The van der Waals surface area contributed by atoms with Crippen LogP contribution >= 0.6 is 11.6 Å². The summed E-state index contributed by atoms with van der Waals surface area (Å²) >= 11 is 6.08. The van der Waals surface area contributed by atoms with Crippen molar-refractivity contribution in [3.05, 3.63) is 89.5 Å². The van der Waals surface area contributed by atoms with Gasteiger partial charge in [-0.3, -0.25) is 4.79 Å². The number of para-hydroxylation sites is 2. The summed E-state index contributed by atoms with van der Waals surface area (Å²) in [6.07, 6.45) is 3.14. The van der Waals surface area contributed by atoms with Crippen molar-refractivity contribution >= 4 is 40.4 Å². The Balaban J connectivity index is 1.46. The van der Waals surface area contributed by atoms with Crippen LogP contribution in [-0.4, -0.2) is 10.9 Å². The molecule has 0 fully saturated rings. The van der Waals surface area contributed by atoms with Crippen LogP contribution in [0.5, 0.6) is 0 Å². The number of nitrogens with one attached hydrogen (secondary N) is 1. The van der Waals surface area contributed by atoms with Crippen LogP contribution in [0.2, 0.25) is 5.02 Å². The molecule has 4 nitrogen and oxygen atoms in total. The molecule has 1 amide bonds. The zero-order chi connectivity index (χ0) is 18.6. The predicted molar refractivity (Wildman–Crippen MR) is 109 cm³/mol. The lowest BCUT2D eigenvalue weighted by molar-refractivity contribution is -0.111. The van der Waals surface area contributed by atoms with Crippen LogP contribution in [0, 0.1) is 0 Å². The maximum absolute atomic E-state index is 12.1. The van der Waals surface area contributed by atoms with Crippen LogP contribution in [0.25, 0.3) is 28.6 Å². The molecule has 4 aromatic rings. The van der Waals surface area contributed by atoms with Crippen molar-refractivity contribution in [3.63, 3.8) is 0 Å². The number of benzene rings is 3. The van der Waals surface area contributed by atoms with Gasteiger partial charge >= 0.3 is 0 Å². The Hall–Kier alpha value is -3.37. The Morgan fingerprint density at radius 3 is 2.48 bits per heavy atom. The Morgan fingerprint density at radius 1 is 0.963 bits per heavy atom. The van der Waals surface area contributed by atoms with Gasteiger partial charge in [0.05, 0.1) is 0 Å². The van der Waals surface area contributed by atoms with E-state index in [1.165, 1.54) is 6.08 Å². The second kappa shape index (κ2) is 7.48. The number of carbonyl (C=O) groups excluding carboxylic acids is 1. The number of halogens is 1. The number of aromatic nitrogens is 1. The van der Waals surface area contributed by atoms with Gasteiger partial charge in [-0.15, -0.1) is 0 Å². The molecule has 0 aliphatic rings. The molecule has 1 aromatic heterocycles. The molecular weight excluding hydrogens is 360 g/mol. The lowest BCUT2D eigenvalue weighted by Crippen LogP contribution is -2.07. The van der Waals surface area contributed by atoms with E-state index in [2.05, 4.69) is 10.3 Å². The van der Waals surface area contributed by atoms with Crippen molar-refractivity contribution in [2.24, 2.45) is 0 Å². The number of anilines is 1. The molecule has 132 valence electrons. The Kier molecular flexibility index (Phi) is 4.73. The first-order chi connectivity index (χ1) is 13.2. The smallest absolute Gasteiger partial charge is 0.248 e. The summed E-state index contributed by atoms with van der Waals surface area (Å²) < 4.78 is 5.75. The van der Waals surface area contributed by atoms with Gasteiger partial charge < -0.3 is 9.73 Å². The molecule has 0 saturated heterocycles. The van der Waals surface area contributed by atoms with E-state index in [-0.39, 0.29) is 5.91 Å². The summed E-state index contributed by atoms with van der Waals surface area (Å²) in [6.45, 7) is 0. The first-order valence-corrected chi connectivity index (χ1v) is 8.76. The number of hydrogen-bond acceptors (Lipinski definition) is 3. The highest BCUT2D eigenvalue weighted by molar-refractivity contribution is 6.32. The van der Waals surface area contributed by atoms with Gasteiger partial charge in [0.1, 0.15) is 5.52 Å². The van der Waals surface area contributed by atoms with Gasteiger partial charge in [0.25, 0.3) is 0 Å². The molecular formula is C22H15ClN2O2. The molecule has 0 aliphatic carbocycles. The van der Waals surface area contributed by atoms with Gasteiger partial charge in [-0.1, -0.05) is 41.9 Å². The number of hydrogen-bond donors (Lipinski definition) is 1. The molecule has 0 unspecified atom stereocenters. The van der Waals surface area contributed by atoms with E-state index < -0.39 is 0 Å². The van der Waals surface area contributed by atoms with E-state index in [0.717, 1.165) is 22.2 Å². The van der Waals surface area contributed by atoms with Crippen molar-refractivity contribution in [3.8, 4) is 11.5 Å². The van der Waals surface area contributed by atoms with Gasteiger partial charge in [-0.2, -0.15) is 0 Å². The zero-order valence-electron chi connectivity index (χ0n) is 14.2. The normalized spacial score (nSPS) is 11.1. The quantitative estimate of drug-likeness (QED) is 0.459. The lowest BCUT2D eigenvalue weighted by Gasteiger charge is -2.03. The van der Waals surface area contributed by atoms with Gasteiger partial charge in [0.15, 0.2) is 5.58 Å². The van der Waals surface area contributed by atoms with Gasteiger partial charge in [-0.25, -0.2) is 4.98 Å². The number of nitrogens with zero attached hydrogens (tertiary/aromatic N) is 1. The molecule has 1 N–H and O–H groups in total. The van der Waals surface area contributed by atoms with Crippen molar-refractivity contribution in [1.29, 1.82) is 0 Å².